The molecule has 0 bridgehead atoms. The van der Waals surface area contributed by atoms with E-state index in [1.807, 2.05) is 24.3 Å². The van der Waals surface area contributed by atoms with Crippen LogP contribution in [0.25, 0.3) is 0 Å². The van der Waals surface area contributed by atoms with Crippen LogP contribution < -0.4 is 5.32 Å². The summed E-state index contributed by atoms with van der Waals surface area (Å²) in [7, 11) is 0. The van der Waals surface area contributed by atoms with E-state index in [4.69, 9.17) is 0 Å². The summed E-state index contributed by atoms with van der Waals surface area (Å²) in [6.07, 6.45) is 0.411. The second kappa shape index (κ2) is 6.40. The Balaban J connectivity index is 2.57. The highest BCUT2D eigenvalue weighted by molar-refractivity contribution is 5.72. The molecule has 0 spiro atoms. The van der Waals surface area contributed by atoms with Gasteiger partial charge >= 0.3 is 0 Å². The van der Waals surface area contributed by atoms with E-state index < -0.39 is 6.10 Å². The normalized spacial score (nSPS) is 12.5. The van der Waals surface area contributed by atoms with Crippen molar-refractivity contribution in [2.24, 2.45) is 5.92 Å². The molecule has 17 heavy (non-hydrogen) atoms. The number of rotatable bonds is 5. The Morgan fingerprint density at radius 2 is 1.88 bits per heavy atom. The van der Waals surface area contributed by atoms with Crippen molar-refractivity contribution in [3.8, 4) is 0 Å². The molecule has 0 radical (unpaired) electrons. The Kier molecular flexibility index (Phi) is 5.16. The van der Waals surface area contributed by atoms with E-state index in [1.165, 1.54) is 12.5 Å². The highest BCUT2D eigenvalue weighted by Crippen LogP contribution is 2.15. The van der Waals surface area contributed by atoms with Crippen LogP contribution in [-0.2, 0) is 11.2 Å². The van der Waals surface area contributed by atoms with Crippen molar-refractivity contribution in [2.75, 3.05) is 6.54 Å². The van der Waals surface area contributed by atoms with Gasteiger partial charge < -0.3 is 10.4 Å². The highest BCUT2D eigenvalue weighted by Gasteiger charge is 2.07. The Bertz CT molecular complexity index is 357. The average Bonchev–Trinajstić information content (AvgIpc) is 2.26. The van der Waals surface area contributed by atoms with Gasteiger partial charge in [0.15, 0.2) is 0 Å². The van der Waals surface area contributed by atoms with Crippen molar-refractivity contribution in [1.82, 2.24) is 5.32 Å². The van der Waals surface area contributed by atoms with E-state index in [9.17, 15) is 9.90 Å². The quantitative estimate of drug-likeness (QED) is 0.820. The van der Waals surface area contributed by atoms with Crippen LogP contribution in [0.1, 0.15) is 38.0 Å². The van der Waals surface area contributed by atoms with Gasteiger partial charge in [-0.2, -0.15) is 0 Å². The summed E-state index contributed by atoms with van der Waals surface area (Å²) < 4.78 is 0. The lowest BCUT2D eigenvalue weighted by Gasteiger charge is -2.12. The molecule has 3 nitrogen and oxygen atoms in total. The number of nitrogens with one attached hydrogen (secondary N) is 1. The van der Waals surface area contributed by atoms with Gasteiger partial charge in [-0.25, -0.2) is 0 Å². The summed E-state index contributed by atoms with van der Waals surface area (Å²) in [5.41, 5.74) is 2.11. The van der Waals surface area contributed by atoms with Crippen molar-refractivity contribution in [1.29, 1.82) is 0 Å². The first-order chi connectivity index (χ1) is 7.99. The second-order valence-corrected chi connectivity index (χ2v) is 4.79. The third-order valence-electron chi connectivity index (χ3n) is 2.55. The predicted molar refractivity (Wildman–Crippen MR) is 68.6 cm³/mol. The Morgan fingerprint density at radius 3 is 2.35 bits per heavy atom. The van der Waals surface area contributed by atoms with Crippen LogP contribution in [0.3, 0.4) is 0 Å². The van der Waals surface area contributed by atoms with E-state index in [-0.39, 0.29) is 12.5 Å². The van der Waals surface area contributed by atoms with E-state index in [2.05, 4.69) is 19.2 Å². The molecule has 0 aliphatic heterocycles. The molecule has 0 saturated carbocycles. The molecule has 0 aliphatic rings. The minimum atomic E-state index is -0.632. The number of hydrogen-bond acceptors (Lipinski definition) is 2. The summed E-state index contributed by atoms with van der Waals surface area (Å²) in [6.45, 7) is 6.07. The number of aliphatic hydroxyl groups excluding tert-OH is 1. The van der Waals surface area contributed by atoms with Crippen LogP contribution in [0.4, 0.5) is 0 Å². The number of benzene rings is 1. The Morgan fingerprint density at radius 1 is 1.29 bits per heavy atom. The first-order valence-electron chi connectivity index (χ1n) is 6.00. The van der Waals surface area contributed by atoms with Crippen LogP contribution in [0.2, 0.25) is 0 Å². The number of carbonyl (C=O) groups excluding carboxylic acids is 1. The minimum absolute atomic E-state index is 0.125. The van der Waals surface area contributed by atoms with Gasteiger partial charge in [-0.05, 0) is 23.5 Å². The smallest absolute Gasteiger partial charge is 0.216 e. The maximum absolute atomic E-state index is 10.7. The molecule has 0 heterocycles. The summed E-state index contributed by atoms with van der Waals surface area (Å²) >= 11 is 0. The van der Waals surface area contributed by atoms with Gasteiger partial charge in [0.25, 0.3) is 0 Å². The first-order valence-corrected chi connectivity index (χ1v) is 6.00. The largest absolute Gasteiger partial charge is 0.387 e. The zero-order valence-electron chi connectivity index (χ0n) is 10.7. The standard InChI is InChI=1S/C14H21NO2/c1-10(2)8-12-4-6-13(7-5-12)14(17)9-15-11(3)16/h4-7,10,14,17H,8-9H2,1-3H3,(H,15,16). The van der Waals surface area contributed by atoms with Gasteiger partial charge in [0.05, 0.1) is 6.10 Å². The monoisotopic (exact) mass is 235 g/mol. The number of aliphatic hydroxyl groups is 1. The lowest BCUT2D eigenvalue weighted by molar-refractivity contribution is -0.119. The number of carbonyl (C=O) groups is 1. The molecule has 3 heteroatoms. The van der Waals surface area contributed by atoms with Crippen LogP contribution in [0.15, 0.2) is 24.3 Å². The Hall–Kier alpha value is -1.35. The molecular weight excluding hydrogens is 214 g/mol. The summed E-state index contributed by atoms with van der Waals surface area (Å²) in [5, 5.41) is 12.4. The van der Waals surface area contributed by atoms with Crippen molar-refractivity contribution < 1.29 is 9.90 Å². The fraction of sp³-hybridized carbons (Fsp3) is 0.500. The maximum atomic E-state index is 10.7. The molecule has 1 unspecified atom stereocenters. The molecule has 1 aromatic rings. The number of hydrogen-bond donors (Lipinski definition) is 2. The van der Waals surface area contributed by atoms with Crippen molar-refractivity contribution in [3.63, 3.8) is 0 Å². The Labute approximate surface area is 103 Å². The molecule has 0 fully saturated rings. The van der Waals surface area contributed by atoms with Crippen molar-refractivity contribution in [2.45, 2.75) is 33.3 Å². The van der Waals surface area contributed by atoms with Gasteiger partial charge in [-0.15, -0.1) is 0 Å². The summed E-state index contributed by atoms with van der Waals surface area (Å²) in [5.74, 6) is 0.505. The number of amides is 1. The average molecular weight is 235 g/mol. The van der Waals surface area contributed by atoms with Crippen LogP contribution in [-0.4, -0.2) is 17.6 Å². The third kappa shape index (κ3) is 5.00. The topological polar surface area (TPSA) is 49.3 Å². The fourth-order valence-corrected chi connectivity index (χ4v) is 1.71. The minimum Gasteiger partial charge on any atom is -0.387 e. The summed E-state index contributed by atoms with van der Waals surface area (Å²) in [4.78, 5) is 10.7. The van der Waals surface area contributed by atoms with E-state index in [1.54, 1.807) is 0 Å². The maximum Gasteiger partial charge on any atom is 0.216 e. The van der Waals surface area contributed by atoms with Gasteiger partial charge in [-0.3, -0.25) is 4.79 Å². The zero-order chi connectivity index (χ0) is 12.8. The third-order valence-corrected chi connectivity index (χ3v) is 2.55. The molecule has 0 aliphatic carbocycles. The molecular formula is C14H21NO2. The van der Waals surface area contributed by atoms with Gasteiger partial charge in [0.1, 0.15) is 0 Å². The van der Waals surface area contributed by atoms with Crippen LogP contribution in [0.5, 0.6) is 0 Å². The first kappa shape index (κ1) is 13.7. The van der Waals surface area contributed by atoms with Gasteiger partial charge in [0, 0.05) is 13.5 Å². The van der Waals surface area contributed by atoms with Crippen LogP contribution >= 0.6 is 0 Å². The molecule has 0 saturated heterocycles. The lowest BCUT2D eigenvalue weighted by atomic mass is 10.0. The predicted octanol–water partition coefficient (Wildman–Crippen LogP) is 2.05. The SMILES string of the molecule is CC(=O)NCC(O)c1ccc(CC(C)C)cc1. The molecule has 1 amide bonds. The molecule has 2 N–H and O–H groups in total. The molecule has 0 aromatic heterocycles. The fourth-order valence-electron chi connectivity index (χ4n) is 1.71. The molecule has 1 atom stereocenters. The molecule has 1 rings (SSSR count). The van der Waals surface area contributed by atoms with Gasteiger partial charge in [0.2, 0.25) is 5.91 Å². The van der Waals surface area contributed by atoms with Crippen LogP contribution in [0, 0.1) is 5.92 Å². The van der Waals surface area contributed by atoms with Gasteiger partial charge in [-0.1, -0.05) is 38.1 Å². The van der Waals surface area contributed by atoms with E-state index >= 15 is 0 Å². The summed E-state index contributed by atoms with van der Waals surface area (Å²) in [6, 6.07) is 7.91. The van der Waals surface area contributed by atoms with E-state index in [0.717, 1.165) is 12.0 Å². The zero-order valence-corrected chi connectivity index (χ0v) is 10.7. The highest BCUT2D eigenvalue weighted by atomic mass is 16.3. The van der Waals surface area contributed by atoms with Crippen molar-refractivity contribution >= 4 is 5.91 Å². The lowest BCUT2D eigenvalue weighted by Crippen LogP contribution is -2.25. The second-order valence-electron chi connectivity index (χ2n) is 4.79. The molecule has 94 valence electrons. The molecule has 1 aromatic carbocycles. The van der Waals surface area contributed by atoms with E-state index in [0.29, 0.717) is 5.92 Å². The van der Waals surface area contributed by atoms with Crippen molar-refractivity contribution in [3.05, 3.63) is 35.4 Å².